The topological polar surface area (TPSA) is 52.7 Å². The lowest BCUT2D eigenvalue weighted by Gasteiger charge is -2.35. The molecule has 1 unspecified atom stereocenters. The van der Waals surface area contributed by atoms with E-state index in [1.54, 1.807) is 12.1 Å². The molecular formula is C22H23ClF3N3O2. The molecule has 1 fully saturated rings. The standard InChI is InChI=1S/C22H23ClF3N3O2/c1-15(16-6-8-17(23)9-7-16)27-20(30)14-28-10-12-29(13-11-28)21(31)18-4-2-3-5-19(18)22(24,25)26/h2-9,15H,10-14H2,1H3,(H,27,30). The Bertz CT molecular complexity index is 926. The fraction of sp³-hybridized carbons (Fsp3) is 0.364. The highest BCUT2D eigenvalue weighted by Crippen LogP contribution is 2.32. The smallest absolute Gasteiger partial charge is 0.348 e. The van der Waals surface area contributed by atoms with Crippen molar-refractivity contribution in [3.8, 4) is 0 Å². The van der Waals surface area contributed by atoms with Crippen molar-refractivity contribution < 1.29 is 22.8 Å². The minimum absolute atomic E-state index is 0.152. The highest BCUT2D eigenvalue weighted by Gasteiger charge is 2.36. The molecule has 9 heteroatoms. The van der Waals surface area contributed by atoms with Gasteiger partial charge in [-0.15, -0.1) is 0 Å². The zero-order chi connectivity index (χ0) is 22.6. The fourth-order valence-electron chi connectivity index (χ4n) is 3.52. The van der Waals surface area contributed by atoms with E-state index in [0.717, 1.165) is 11.6 Å². The number of nitrogens with zero attached hydrogens (tertiary/aromatic N) is 2. The van der Waals surface area contributed by atoms with Crippen LogP contribution in [0.1, 0.15) is 34.5 Å². The van der Waals surface area contributed by atoms with Crippen LogP contribution in [0.25, 0.3) is 0 Å². The third kappa shape index (κ3) is 5.98. The summed E-state index contributed by atoms with van der Waals surface area (Å²) in [5.41, 5.74) is -0.354. The predicted octanol–water partition coefficient (Wildman–Crippen LogP) is 3.99. The van der Waals surface area contributed by atoms with E-state index < -0.39 is 17.6 Å². The van der Waals surface area contributed by atoms with Crippen LogP contribution in [0.5, 0.6) is 0 Å². The second kappa shape index (κ2) is 9.70. The number of nitrogens with one attached hydrogen (secondary N) is 1. The third-order valence-electron chi connectivity index (χ3n) is 5.24. The molecule has 0 radical (unpaired) electrons. The monoisotopic (exact) mass is 453 g/mol. The molecule has 0 saturated carbocycles. The summed E-state index contributed by atoms with van der Waals surface area (Å²) in [6, 6.07) is 11.8. The van der Waals surface area contributed by atoms with Crippen molar-refractivity contribution >= 4 is 23.4 Å². The molecule has 1 heterocycles. The molecule has 1 saturated heterocycles. The first kappa shape index (κ1) is 23.1. The molecule has 1 aliphatic rings. The minimum atomic E-state index is -4.59. The summed E-state index contributed by atoms with van der Waals surface area (Å²) in [7, 11) is 0. The molecule has 166 valence electrons. The third-order valence-corrected chi connectivity index (χ3v) is 5.49. The Labute approximate surface area is 183 Å². The van der Waals surface area contributed by atoms with Crippen molar-refractivity contribution in [3.63, 3.8) is 0 Å². The van der Waals surface area contributed by atoms with Crippen LogP contribution in [0.15, 0.2) is 48.5 Å². The van der Waals surface area contributed by atoms with Gasteiger partial charge in [0.05, 0.1) is 23.7 Å². The van der Waals surface area contributed by atoms with Gasteiger partial charge in [-0.3, -0.25) is 14.5 Å². The first-order valence-corrected chi connectivity index (χ1v) is 10.3. The van der Waals surface area contributed by atoms with E-state index in [-0.39, 0.29) is 37.1 Å². The lowest BCUT2D eigenvalue weighted by Crippen LogP contribution is -2.51. The van der Waals surface area contributed by atoms with Crippen molar-refractivity contribution in [1.82, 2.24) is 15.1 Å². The molecule has 2 aromatic carbocycles. The molecule has 0 spiro atoms. The maximum absolute atomic E-state index is 13.2. The molecule has 3 rings (SSSR count). The largest absolute Gasteiger partial charge is 0.417 e. The number of alkyl halides is 3. The first-order valence-electron chi connectivity index (χ1n) is 9.88. The number of rotatable bonds is 5. The van der Waals surface area contributed by atoms with Gasteiger partial charge >= 0.3 is 6.18 Å². The van der Waals surface area contributed by atoms with Gasteiger partial charge in [0.1, 0.15) is 0 Å². The van der Waals surface area contributed by atoms with Crippen molar-refractivity contribution in [2.45, 2.75) is 19.1 Å². The molecule has 1 N–H and O–H groups in total. The average molecular weight is 454 g/mol. The van der Waals surface area contributed by atoms with Gasteiger partial charge in [0.15, 0.2) is 0 Å². The van der Waals surface area contributed by atoms with Crippen LogP contribution in [-0.2, 0) is 11.0 Å². The van der Waals surface area contributed by atoms with Gasteiger partial charge in [-0.1, -0.05) is 35.9 Å². The van der Waals surface area contributed by atoms with Gasteiger partial charge in [-0.25, -0.2) is 0 Å². The van der Waals surface area contributed by atoms with Crippen LogP contribution in [0.2, 0.25) is 5.02 Å². The van der Waals surface area contributed by atoms with Crippen LogP contribution in [0.4, 0.5) is 13.2 Å². The highest BCUT2D eigenvalue weighted by atomic mass is 35.5. The van der Waals surface area contributed by atoms with Gasteiger partial charge in [0, 0.05) is 31.2 Å². The van der Waals surface area contributed by atoms with Gasteiger partial charge in [0.2, 0.25) is 5.91 Å². The van der Waals surface area contributed by atoms with Crippen LogP contribution in [0, 0.1) is 0 Å². The fourth-order valence-corrected chi connectivity index (χ4v) is 3.65. The summed E-state index contributed by atoms with van der Waals surface area (Å²) in [5.74, 6) is -0.807. The van der Waals surface area contributed by atoms with Gasteiger partial charge in [-0.2, -0.15) is 13.2 Å². The van der Waals surface area contributed by atoms with E-state index >= 15 is 0 Å². The SMILES string of the molecule is CC(NC(=O)CN1CCN(C(=O)c2ccccc2C(F)(F)F)CC1)c1ccc(Cl)cc1. The van der Waals surface area contributed by atoms with Crippen molar-refractivity contribution in [2.24, 2.45) is 0 Å². The van der Waals surface area contributed by atoms with Crippen LogP contribution >= 0.6 is 11.6 Å². The lowest BCUT2D eigenvalue weighted by molar-refractivity contribution is -0.138. The molecule has 1 atom stereocenters. The van der Waals surface area contributed by atoms with E-state index in [1.807, 2.05) is 24.0 Å². The molecule has 0 aliphatic carbocycles. The lowest BCUT2D eigenvalue weighted by atomic mass is 10.1. The van der Waals surface area contributed by atoms with Gasteiger partial charge in [-0.05, 0) is 36.8 Å². The van der Waals surface area contributed by atoms with E-state index in [9.17, 15) is 22.8 Å². The molecular weight excluding hydrogens is 431 g/mol. The zero-order valence-corrected chi connectivity index (χ0v) is 17.7. The van der Waals surface area contributed by atoms with Gasteiger partial charge in [0.25, 0.3) is 5.91 Å². The Balaban J connectivity index is 1.52. The summed E-state index contributed by atoms with van der Waals surface area (Å²) in [6.45, 7) is 3.34. The summed E-state index contributed by atoms with van der Waals surface area (Å²) >= 11 is 5.88. The Hall–Kier alpha value is -2.58. The first-order chi connectivity index (χ1) is 14.6. The Kier molecular flexibility index (Phi) is 7.23. The van der Waals surface area contributed by atoms with E-state index in [4.69, 9.17) is 11.6 Å². The Morgan fingerprint density at radius 2 is 1.65 bits per heavy atom. The molecule has 0 aromatic heterocycles. The number of piperazine rings is 1. The molecule has 2 aromatic rings. The van der Waals surface area contributed by atoms with Crippen molar-refractivity contribution in [3.05, 3.63) is 70.2 Å². The highest BCUT2D eigenvalue weighted by molar-refractivity contribution is 6.30. The van der Waals surface area contributed by atoms with Crippen LogP contribution in [0.3, 0.4) is 0 Å². The van der Waals surface area contributed by atoms with Crippen LogP contribution < -0.4 is 5.32 Å². The second-order valence-electron chi connectivity index (χ2n) is 7.45. The normalized spacial score (nSPS) is 16.1. The van der Waals surface area contributed by atoms with Crippen molar-refractivity contribution in [1.29, 1.82) is 0 Å². The average Bonchev–Trinajstić information content (AvgIpc) is 2.73. The Morgan fingerprint density at radius 3 is 2.26 bits per heavy atom. The maximum Gasteiger partial charge on any atom is 0.417 e. The maximum atomic E-state index is 13.2. The zero-order valence-electron chi connectivity index (χ0n) is 17.0. The van der Waals surface area contributed by atoms with Crippen molar-refractivity contribution in [2.75, 3.05) is 32.7 Å². The summed E-state index contributed by atoms with van der Waals surface area (Å²) in [4.78, 5) is 28.3. The minimum Gasteiger partial charge on any atom is -0.348 e. The second-order valence-corrected chi connectivity index (χ2v) is 7.89. The number of carbonyl (C=O) groups is 2. The number of hydrogen-bond acceptors (Lipinski definition) is 3. The number of benzene rings is 2. The Morgan fingerprint density at radius 1 is 1.03 bits per heavy atom. The van der Waals surface area contributed by atoms with E-state index in [1.165, 1.54) is 23.1 Å². The molecule has 1 aliphatic heterocycles. The number of carbonyl (C=O) groups excluding carboxylic acids is 2. The number of amides is 2. The number of halogens is 4. The molecule has 2 amide bonds. The van der Waals surface area contributed by atoms with E-state index in [0.29, 0.717) is 18.1 Å². The summed E-state index contributed by atoms with van der Waals surface area (Å²) in [5, 5.41) is 3.54. The predicted molar refractivity (Wildman–Crippen MR) is 112 cm³/mol. The van der Waals surface area contributed by atoms with Gasteiger partial charge < -0.3 is 10.2 Å². The molecule has 0 bridgehead atoms. The molecule has 5 nitrogen and oxygen atoms in total. The van der Waals surface area contributed by atoms with Crippen LogP contribution in [-0.4, -0.2) is 54.3 Å². The summed E-state index contributed by atoms with van der Waals surface area (Å²) in [6.07, 6.45) is -4.59. The summed E-state index contributed by atoms with van der Waals surface area (Å²) < 4.78 is 39.6. The number of hydrogen-bond donors (Lipinski definition) is 1. The van der Waals surface area contributed by atoms with E-state index in [2.05, 4.69) is 5.32 Å². The molecule has 31 heavy (non-hydrogen) atoms. The quantitative estimate of drug-likeness (QED) is 0.744.